The first-order chi connectivity index (χ1) is 10.4. The van der Waals surface area contributed by atoms with Crippen LogP contribution in [0, 0.1) is 5.92 Å². The molecule has 6 heteroatoms. The van der Waals surface area contributed by atoms with Crippen LogP contribution in [-0.2, 0) is 9.59 Å². The van der Waals surface area contributed by atoms with Gasteiger partial charge < -0.3 is 15.7 Å². The molecule has 3 atom stereocenters. The minimum Gasteiger partial charge on any atom is -0.480 e. The fourth-order valence-electron chi connectivity index (χ4n) is 1.88. The quantitative estimate of drug-likeness (QED) is 0.710. The summed E-state index contributed by atoms with van der Waals surface area (Å²) in [7, 11) is 0. The first-order valence-corrected chi connectivity index (χ1v) is 7.25. The lowest BCUT2D eigenvalue weighted by molar-refractivity contribution is -0.141. The number of benzene rings is 1. The van der Waals surface area contributed by atoms with E-state index in [0.717, 1.165) is 0 Å². The molecule has 22 heavy (non-hydrogen) atoms. The average Bonchev–Trinajstić information content (AvgIpc) is 2.52. The lowest BCUT2D eigenvalue weighted by Crippen LogP contribution is -2.53. The largest absolute Gasteiger partial charge is 0.480 e. The lowest BCUT2D eigenvalue weighted by Gasteiger charge is -2.24. The van der Waals surface area contributed by atoms with Crippen molar-refractivity contribution in [2.24, 2.45) is 5.92 Å². The number of carbonyl (C=O) groups is 3. The molecule has 120 valence electrons. The molecule has 1 aromatic rings. The summed E-state index contributed by atoms with van der Waals surface area (Å²) in [6.45, 7) is 5.12. The van der Waals surface area contributed by atoms with Crippen molar-refractivity contribution < 1.29 is 19.5 Å². The van der Waals surface area contributed by atoms with Crippen molar-refractivity contribution in [1.82, 2.24) is 10.6 Å². The van der Waals surface area contributed by atoms with E-state index in [1.807, 2.05) is 13.8 Å². The molecule has 1 rings (SSSR count). The van der Waals surface area contributed by atoms with Gasteiger partial charge in [0.05, 0.1) is 0 Å². The Hall–Kier alpha value is -2.37. The number of hydrogen-bond acceptors (Lipinski definition) is 3. The van der Waals surface area contributed by atoms with E-state index in [0.29, 0.717) is 12.0 Å². The zero-order valence-corrected chi connectivity index (χ0v) is 13.0. The summed E-state index contributed by atoms with van der Waals surface area (Å²) >= 11 is 0. The highest BCUT2D eigenvalue weighted by Crippen LogP contribution is 2.10. The third-order valence-corrected chi connectivity index (χ3v) is 3.55. The van der Waals surface area contributed by atoms with Crippen LogP contribution < -0.4 is 10.6 Å². The minimum atomic E-state index is -1.12. The Labute approximate surface area is 129 Å². The van der Waals surface area contributed by atoms with Gasteiger partial charge in [-0.25, -0.2) is 0 Å². The molecule has 6 nitrogen and oxygen atoms in total. The summed E-state index contributed by atoms with van der Waals surface area (Å²) in [5.41, 5.74) is 0.454. The van der Waals surface area contributed by atoms with Gasteiger partial charge in [-0.1, -0.05) is 38.5 Å². The Morgan fingerprint density at radius 1 is 1.09 bits per heavy atom. The second kappa shape index (κ2) is 8.17. The van der Waals surface area contributed by atoms with E-state index in [2.05, 4.69) is 10.6 Å². The predicted octanol–water partition coefficient (Wildman–Crippen LogP) is 1.42. The van der Waals surface area contributed by atoms with Crippen molar-refractivity contribution in [2.45, 2.75) is 39.3 Å². The van der Waals surface area contributed by atoms with Gasteiger partial charge >= 0.3 is 5.97 Å². The van der Waals surface area contributed by atoms with Gasteiger partial charge in [0.1, 0.15) is 12.1 Å². The van der Waals surface area contributed by atoms with E-state index in [1.54, 1.807) is 30.3 Å². The minimum absolute atomic E-state index is 0.117. The van der Waals surface area contributed by atoms with Gasteiger partial charge in [0.2, 0.25) is 5.91 Å². The third-order valence-electron chi connectivity index (χ3n) is 3.55. The number of rotatable bonds is 7. The van der Waals surface area contributed by atoms with E-state index >= 15 is 0 Å². The molecular weight excluding hydrogens is 284 g/mol. The van der Waals surface area contributed by atoms with Gasteiger partial charge in [0, 0.05) is 5.56 Å². The Bertz CT molecular complexity index is 530. The highest BCUT2D eigenvalue weighted by Gasteiger charge is 2.28. The van der Waals surface area contributed by atoms with E-state index in [1.165, 1.54) is 6.92 Å². The average molecular weight is 306 g/mol. The maximum Gasteiger partial charge on any atom is 0.325 e. The smallest absolute Gasteiger partial charge is 0.325 e. The second-order valence-electron chi connectivity index (χ2n) is 5.27. The van der Waals surface area contributed by atoms with Gasteiger partial charge in [-0.2, -0.15) is 0 Å². The maximum absolute atomic E-state index is 12.2. The van der Waals surface area contributed by atoms with Crippen molar-refractivity contribution in [2.75, 3.05) is 0 Å². The van der Waals surface area contributed by atoms with Crippen molar-refractivity contribution in [3.63, 3.8) is 0 Å². The van der Waals surface area contributed by atoms with E-state index in [4.69, 9.17) is 5.11 Å². The van der Waals surface area contributed by atoms with Crippen LogP contribution in [0.2, 0.25) is 0 Å². The molecule has 0 heterocycles. The molecule has 0 spiro atoms. The number of aliphatic carboxylic acids is 1. The molecule has 0 aliphatic heterocycles. The topological polar surface area (TPSA) is 95.5 Å². The molecule has 0 aliphatic rings. The van der Waals surface area contributed by atoms with Gasteiger partial charge in [-0.3, -0.25) is 14.4 Å². The molecule has 0 aromatic heterocycles. The molecule has 0 fully saturated rings. The molecule has 2 unspecified atom stereocenters. The molecule has 0 saturated carbocycles. The van der Waals surface area contributed by atoms with Crippen LogP contribution in [0.3, 0.4) is 0 Å². The van der Waals surface area contributed by atoms with Crippen molar-refractivity contribution in [3.05, 3.63) is 35.9 Å². The molecule has 1 aromatic carbocycles. The molecule has 0 saturated heterocycles. The number of nitrogens with one attached hydrogen (secondary N) is 2. The fraction of sp³-hybridized carbons (Fsp3) is 0.438. The highest BCUT2D eigenvalue weighted by molar-refractivity contribution is 5.98. The van der Waals surface area contributed by atoms with Crippen LogP contribution in [0.25, 0.3) is 0 Å². The molecule has 2 amide bonds. The number of carboxylic acid groups (broad SMARTS) is 1. The van der Waals surface area contributed by atoms with Crippen molar-refractivity contribution >= 4 is 17.8 Å². The Balaban J connectivity index is 2.83. The Kier molecular flexibility index (Phi) is 6.56. The molecular formula is C16H22N2O4. The summed E-state index contributed by atoms with van der Waals surface area (Å²) in [6, 6.07) is 6.79. The zero-order chi connectivity index (χ0) is 16.7. The standard InChI is InChI=1S/C16H22N2O4/c1-4-10(2)13(15(20)17-11(3)16(21)22)18-14(19)12-8-6-5-7-9-12/h5-11,13H,4H2,1-3H3,(H,17,20)(H,18,19)(H,21,22)/t10?,11-,13?/m0/s1. The van der Waals surface area contributed by atoms with E-state index < -0.39 is 24.0 Å². The first kappa shape index (κ1) is 17.7. The molecule has 0 aliphatic carbocycles. The fourth-order valence-corrected chi connectivity index (χ4v) is 1.88. The molecule has 0 radical (unpaired) electrons. The SMILES string of the molecule is CCC(C)C(NC(=O)c1ccccc1)C(=O)N[C@@H](C)C(=O)O. The van der Waals surface area contributed by atoms with Gasteiger partial charge in [0.15, 0.2) is 0 Å². The molecule has 3 N–H and O–H groups in total. The zero-order valence-electron chi connectivity index (χ0n) is 13.0. The second-order valence-corrected chi connectivity index (χ2v) is 5.27. The summed E-state index contributed by atoms with van der Waals surface area (Å²) < 4.78 is 0. The maximum atomic E-state index is 12.2. The van der Waals surface area contributed by atoms with Crippen LogP contribution in [-0.4, -0.2) is 35.0 Å². The molecule has 0 bridgehead atoms. The summed E-state index contributed by atoms with van der Waals surface area (Å²) in [5.74, 6) is -2.09. The summed E-state index contributed by atoms with van der Waals surface area (Å²) in [5, 5.41) is 13.9. The van der Waals surface area contributed by atoms with Gasteiger partial charge in [-0.15, -0.1) is 0 Å². The lowest BCUT2D eigenvalue weighted by atomic mass is 9.97. The first-order valence-electron chi connectivity index (χ1n) is 7.25. The van der Waals surface area contributed by atoms with Gasteiger partial charge in [-0.05, 0) is 25.0 Å². The van der Waals surface area contributed by atoms with Crippen LogP contribution in [0.4, 0.5) is 0 Å². The van der Waals surface area contributed by atoms with Crippen LogP contribution in [0.1, 0.15) is 37.6 Å². The van der Waals surface area contributed by atoms with E-state index in [-0.39, 0.29) is 11.8 Å². The van der Waals surface area contributed by atoms with Crippen LogP contribution in [0.5, 0.6) is 0 Å². The summed E-state index contributed by atoms with van der Waals surface area (Å²) in [4.78, 5) is 35.3. The number of hydrogen-bond donors (Lipinski definition) is 3. The van der Waals surface area contributed by atoms with Gasteiger partial charge in [0.25, 0.3) is 5.91 Å². The summed E-state index contributed by atoms with van der Waals surface area (Å²) in [6.07, 6.45) is 0.675. The Morgan fingerprint density at radius 2 is 1.68 bits per heavy atom. The van der Waals surface area contributed by atoms with Crippen molar-refractivity contribution in [1.29, 1.82) is 0 Å². The highest BCUT2D eigenvalue weighted by atomic mass is 16.4. The number of carbonyl (C=O) groups excluding carboxylic acids is 2. The third kappa shape index (κ3) is 4.87. The van der Waals surface area contributed by atoms with E-state index in [9.17, 15) is 14.4 Å². The predicted molar refractivity (Wildman–Crippen MR) is 82.4 cm³/mol. The van der Waals surface area contributed by atoms with Crippen LogP contribution in [0.15, 0.2) is 30.3 Å². The number of carboxylic acids is 1. The normalized spacial score (nSPS) is 14.5. The monoisotopic (exact) mass is 306 g/mol. The van der Waals surface area contributed by atoms with Crippen LogP contribution >= 0.6 is 0 Å². The number of amides is 2. The Morgan fingerprint density at radius 3 is 2.18 bits per heavy atom. The van der Waals surface area contributed by atoms with Crippen molar-refractivity contribution in [3.8, 4) is 0 Å².